The molecular formula is C12H14N2O4. The van der Waals surface area contributed by atoms with Gasteiger partial charge in [-0.05, 0) is 18.6 Å². The van der Waals surface area contributed by atoms with Gasteiger partial charge in [0.1, 0.15) is 5.76 Å². The lowest BCUT2D eigenvalue weighted by atomic mass is 10.2. The fraction of sp³-hybridized carbons (Fsp3) is 0.333. The summed E-state index contributed by atoms with van der Waals surface area (Å²) in [6.45, 7) is 1.95. The zero-order valence-electron chi connectivity index (χ0n) is 9.90. The zero-order valence-corrected chi connectivity index (χ0v) is 9.90. The second kappa shape index (κ2) is 6.35. The molecule has 0 radical (unpaired) electrons. The minimum Gasteiger partial charge on any atom is -0.475 e. The first kappa shape index (κ1) is 13.6. The van der Waals surface area contributed by atoms with Crippen LogP contribution in [0.5, 0.6) is 0 Å². The van der Waals surface area contributed by atoms with E-state index in [0.29, 0.717) is 12.2 Å². The quantitative estimate of drug-likeness (QED) is 0.684. The molecule has 0 fully saturated rings. The Kier molecular flexibility index (Phi) is 4.81. The van der Waals surface area contributed by atoms with E-state index in [9.17, 15) is 9.59 Å². The van der Waals surface area contributed by atoms with Crippen molar-refractivity contribution in [2.75, 3.05) is 0 Å². The van der Waals surface area contributed by atoms with Crippen LogP contribution in [-0.2, 0) is 6.54 Å². The van der Waals surface area contributed by atoms with E-state index in [2.05, 4.69) is 16.6 Å². The van der Waals surface area contributed by atoms with Crippen molar-refractivity contribution in [3.8, 4) is 12.3 Å². The summed E-state index contributed by atoms with van der Waals surface area (Å²) in [6, 6.07) is 2.07. The van der Waals surface area contributed by atoms with Gasteiger partial charge in [-0.2, -0.15) is 0 Å². The summed E-state index contributed by atoms with van der Waals surface area (Å²) in [4.78, 5) is 22.0. The van der Waals surface area contributed by atoms with Crippen LogP contribution in [0.1, 0.15) is 29.7 Å². The largest absolute Gasteiger partial charge is 0.475 e. The maximum atomic E-state index is 11.4. The molecule has 1 aromatic heterocycles. The van der Waals surface area contributed by atoms with Gasteiger partial charge in [0.25, 0.3) is 0 Å². The van der Waals surface area contributed by atoms with Gasteiger partial charge in [-0.3, -0.25) is 0 Å². The number of amides is 2. The Bertz CT molecular complexity index is 473. The molecule has 6 heteroatoms. The molecular weight excluding hydrogens is 236 g/mol. The molecule has 0 saturated heterocycles. The Labute approximate surface area is 104 Å². The van der Waals surface area contributed by atoms with Crippen LogP contribution < -0.4 is 10.6 Å². The number of carboxylic acid groups (broad SMARTS) is 1. The van der Waals surface area contributed by atoms with Crippen molar-refractivity contribution in [1.82, 2.24) is 10.6 Å². The molecule has 0 aliphatic carbocycles. The number of hydrogen-bond donors (Lipinski definition) is 3. The summed E-state index contributed by atoms with van der Waals surface area (Å²) in [5.74, 6) is 1.47. The molecule has 0 bridgehead atoms. The summed E-state index contributed by atoms with van der Waals surface area (Å²) in [6.07, 6.45) is 5.83. The van der Waals surface area contributed by atoms with E-state index in [-0.39, 0.29) is 18.3 Å². The Morgan fingerprint density at radius 1 is 1.56 bits per heavy atom. The first-order valence-electron chi connectivity index (χ1n) is 5.39. The van der Waals surface area contributed by atoms with Crippen LogP contribution in [0.4, 0.5) is 4.79 Å². The van der Waals surface area contributed by atoms with E-state index in [1.165, 1.54) is 12.1 Å². The maximum Gasteiger partial charge on any atom is 0.371 e. The van der Waals surface area contributed by atoms with Crippen LogP contribution in [0, 0.1) is 12.3 Å². The monoisotopic (exact) mass is 250 g/mol. The second-order valence-corrected chi connectivity index (χ2v) is 3.53. The maximum absolute atomic E-state index is 11.4. The predicted octanol–water partition coefficient (Wildman–Crippen LogP) is 1.19. The molecule has 0 aromatic carbocycles. The molecule has 3 N–H and O–H groups in total. The van der Waals surface area contributed by atoms with Gasteiger partial charge in [0.05, 0.1) is 12.6 Å². The summed E-state index contributed by atoms with van der Waals surface area (Å²) >= 11 is 0. The molecule has 1 heterocycles. The fourth-order valence-corrected chi connectivity index (χ4v) is 1.23. The van der Waals surface area contributed by atoms with E-state index < -0.39 is 12.0 Å². The third-order valence-electron chi connectivity index (χ3n) is 2.21. The van der Waals surface area contributed by atoms with Gasteiger partial charge in [0.15, 0.2) is 0 Å². The third-order valence-corrected chi connectivity index (χ3v) is 2.21. The SMILES string of the molecule is C#CC(CC)NC(=O)NCc1ccc(C(=O)O)o1. The average Bonchev–Trinajstić information content (AvgIpc) is 2.82. The van der Waals surface area contributed by atoms with Gasteiger partial charge in [0, 0.05) is 0 Å². The number of aromatic carboxylic acids is 1. The minimum atomic E-state index is -1.15. The zero-order chi connectivity index (χ0) is 13.5. The Hall–Kier alpha value is -2.42. The molecule has 0 aliphatic heterocycles. The van der Waals surface area contributed by atoms with Gasteiger partial charge in [0.2, 0.25) is 5.76 Å². The number of hydrogen-bond acceptors (Lipinski definition) is 3. The van der Waals surface area contributed by atoms with E-state index in [1.807, 2.05) is 6.92 Å². The highest BCUT2D eigenvalue weighted by atomic mass is 16.4. The highest BCUT2D eigenvalue weighted by molar-refractivity contribution is 5.84. The lowest BCUT2D eigenvalue weighted by molar-refractivity contribution is 0.0660. The number of carbonyl (C=O) groups excluding carboxylic acids is 1. The lowest BCUT2D eigenvalue weighted by Crippen LogP contribution is -2.40. The number of terminal acetylenes is 1. The predicted molar refractivity (Wildman–Crippen MR) is 64.0 cm³/mol. The van der Waals surface area contributed by atoms with Gasteiger partial charge in [-0.1, -0.05) is 12.8 Å². The van der Waals surface area contributed by atoms with Crippen LogP contribution in [0.25, 0.3) is 0 Å². The molecule has 1 aromatic rings. The highest BCUT2D eigenvalue weighted by Crippen LogP contribution is 2.07. The van der Waals surface area contributed by atoms with Crippen molar-refractivity contribution in [2.24, 2.45) is 0 Å². The van der Waals surface area contributed by atoms with E-state index >= 15 is 0 Å². The molecule has 18 heavy (non-hydrogen) atoms. The summed E-state index contributed by atoms with van der Waals surface area (Å²) in [7, 11) is 0. The minimum absolute atomic E-state index is 0.0973. The van der Waals surface area contributed by atoms with E-state index in [0.717, 1.165) is 0 Å². The van der Waals surface area contributed by atoms with Crippen molar-refractivity contribution < 1.29 is 19.1 Å². The molecule has 1 atom stereocenters. The van der Waals surface area contributed by atoms with Crippen LogP contribution in [0.15, 0.2) is 16.5 Å². The standard InChI is InChI=1S/C12H14N2O4/c1-3-8(4-2)14-12(17)13-7-9-5-6-10(18-9)11(15)16/h1,5-6,8H,4,7H2,2H3,(H,15,16)(H2,13,14,17). The number of carbonyl (C=O) groups is 2. The molecule has 0 aliphatic rings. The first-order chi connectivity index (χ1) is 8.56. The first-order valence-corrected chi connectivity index (χ1v) is 5.39. The van der Waals surface area contributed by atoms with Crippen molar-refractivity contribution in [3.05, 3.63) is 23.7 Å². The summed E-state index contributed by atoms with van der Waals surface area (Å²) < 4.78 is 4.97. The van der Waals surface area contributed by atoms with Gasteiger partial charge < -0.3 is 20.2 Å². The van der Waals surface area contributed by atoms with Crippen molar-refractivity contribution in [1.29, 1.82) is 0 Å². The van der Waals surface area contributed by atoms with Crippen molar-refractivity contribution in [2.45, 2.75) is 25.9 Å². The molecule has 1 rings (SSSR count). The summed E-state index contributed by atoms with van der Waals surface area (Å²) in [5, 5.41) is 13.7. The molecule has 2 amide bonds. The highest BCUT2D eigenvalue weighted by Gasteiger charge is 2.10. The topological polar surface area (TPSA) is 91.6 Å². The Morgan fingerprint density at radius 3 is 2.78 bits per heavy atom. The van der Waals surface area contributed by atoms with Crippen LogP contribution >= 0.6 is 0 Å². The summed E-state index contributed by atoms with van der Waals surface area (Å²) in [5.41, 5.74) is 0. The average molecular weight is 250 g/mol. The second-order valence-electron chi connectivity index (χ2n) is 3.53. The van der Waals surface area contributed by atoms with Crippen LogP contribution in [-0.4, -0.2) is 23.1 Å². The van der Waals surface area contributed by atoms with Gasteiger partial charge >= 0.3 is 12.0 Å². The number of furan rings is 1. The smallest absolute Gasteiger partial charge is 0.371 e. The van der Waals surface area contributed by atoms with Crippen molar-refractivity contribution >= 4 is 12.0 Å². The number of rotatable bonds is 5. The van der Waals surface area contributed by atoms with Crippen LogP contribution in [0.2, 0.25) is 0 Å². The normalized spacial score (nSPS) is 11.3. The number of urea groups is 1. The molecule has 0 spiro atoms. The molecule has 6 nitrogen and oxygen atoms in total. The van der Waals surface area contributed by atoms with E-state index in [1.54, 1.807) is 0 Å². The van der Waals surface area contributed by atoms with Gasteiger partial charge in [-0.15, -0.1) is 6.42 Å². The fourth-order valence-electron chi connectivity index (χ4n) is 1.23. The molecule has 1 unspecified atom stereocenters. The molecule has 0 saturated carbocycles. The lowest BCUT2D eigenvalue weighted by Gasteiger charge is -2.10. The third kappa shape index (κ3) is 3.87. The Balaban J connectivity index is 2.42. The van der Waals surface area contributed by atoms with E-state index in [4.69, 9.17) is 15.9 Å². The van der Waals surface area contributed by atoms with Gasteiger partial charge in [-0.25, -0.2) is 9.59 Å². The number of carboxylic acids is 1. The number of nitrogens with one attached hydrogen (secondary N) is 2. The Morgan fingerprint density at radius 2 is 2.28 bits per heavy atom. The molecule has 96 valence electrons. The van der Waals surface area contributed by atoms with Crippen LogP contribution in [0.3, 0.4) is 0 Å². The van der Waals surface area contributed by atoms with Crippen molar-refractivity contribution in [3.63, 3.8) is 0 Å².